The molecule has 0 aliphatic carbocycles. The molecule has 0 radical (unpaired) electrons. The van der Waals surface area contributed by atoms with Gasteiger partial charge in [-0.2, -0.15) is 0 Å². The number of hydrogen-bond acceptors (Lipinski definition) is 6. The van der Waals surface area contributed by atoms with Crippen molar-refractivity contribution in [2.24, 2.45) is 0 Å². The highest BCUT2D eigenvalue weighted by atomic mass is 32.1. The lowest BCUT2D eigenvalue weighted by molar-refractivity contribution is 0.102. The SMILES string of the molecule is Cc1ccccc1N1CNc2cc(C(=O)Nc3nncs3)ccc2C1. The molecule has 0 saturated heterocycles. The summed E-state index contributed by atoms with van der Waals surface area (Å²) in [5, 5.41) is 14.2. The number of benzene rings is 2. The summed E-state index contributed by atoms with van der Waals surface area (Å²) in [6, 6.07) is 14.1. The molecule has 1 amide bonds. The van der Waals surface area contributed by atoms with Crippen molar-refractivity contribution in [3.63, 3.8) is 0 Å². The van der Waals surface area contributed by atoms with Crippen LogP contribution in [0.3, 0.4) is 0 Å². The molecule has 126 valence electrons. The van der Waals surface area contributed by atoms with Gasteiger partial charge in [-0.25, -0.2) is 0 Å². The van der Waals surface area contributed by atoms with Gasteiger partial charge in [0, 0.05) is 23.5 Å². The van der Waals surface area contributed by atoms with Crippen molar-refractivity contribution in [1.29, 1.82) is 0 Å². The van der Waals surface area contributed by atoms with Crippen molar-refractivity contribution in [3.8, 4) is 0 Å². The third kappa shape index (κ3) is 3.18. The Bertz CT molecular complexity index is 910. The zero-order valence-corrected chi connectivity index (χ0v) is 14.5. The Balaban J connectivity index is 1.53. The van der Waals surface area contributed by atoms with E-state index in [0.29, 0.717) is 17.4 Å². The number of para-hydroxylation sites is 1. The first-order valence-corrected chi connectivity index (χ1v) is 8.83. The van der Waals surface area contributed by atoms with Crippen LogP contribution in [0.1, 0.15) is 21.5 Å². The second-order valence-corrected chi connectivity index (χ2v) is 6.72. The van der Waals surface area contributed by atoms with Crippen molar-refractivity contribution in [3.05, 3.63) is 64.7 Å². The number of carbonyl (C=O) groups is 1. The van der Waals surface area contributed by atoms with Crippen molar-refractivity contribution < 1.29 is 4.79 Å². The molecule has 0 unspecified atom stereocenters. The third-order valence-corrected chi connectivity index (χ3v) is 4.84. The predicted octanol–water partition coefficient (Wildman–Crippen LogP) is 3.49. The number of aryl methyl sites for hydroxylation is 1. The van der Waals surface area contributed by atoms with Crippen LogP contribution in [0.2, 0.25) is 0 Å². The molecule has 1 aliphatic rings. The first-order valence-electron chi connectivity index (χ1n) is 7.95. The largest absolute Gasteiger partial charge is 0.367 e. The van der Waals surface area contributed by atoms with Gasteiger partial charge in [0.2, 0.25) is 5.13 Å². The van der Waals surface area contributed by atoms with Gasteiger partial charge in [-0.05, 0) is 36.2 Å². The number of hydrogen-bond donors (Lipinski definition) is 2. The van der Waals surface area contributed by atoms with E-state index in [4.69, 9.17) is 0 Å². The van der Waals surface area contributed by atoms with E-state index in [2.05, 4.69) is 50.9 Å². The zero-order chi connectivity index (χ0) is 17.2. The Labute approximate surface area is 149 Å². The van der Waals surface area contributed by atoms with Gasteiger partial charge in [-0.1, -0.05) is 35.6 Å². The molecule has 2 aromatic carbocycles. The quantitative estimate of drug-likeness (QED) is 0.756. The molecule has 2 heterocycles. The van der Waals surface area contributed by atoms with E-state index >= 15 is 0 Å². The molecule has 0 spiro atoms. The molecular weight excluding hydrogens is 334 g/mol. The average molecular weight is 351 g/mol. The first kappa shape index (κ1) is 15.6. The van der Waals surface area contributed by atoms with Gasteiger partial charge in [-0.15, -0.1) is 10.2 Å². The highest BCUT2D eigenvalue weighted by molar-refractivity contribution is 7.13. The van der Waals surface area contributed by atoms with E-state index in [9.17, 15) is 4.79 Å². The van der Waals surface area contributed by atoms with Crippen molar-refractivity contribution in [1.82, 2.24) is 10.2 Å². The lowest BCUT2D eigenvalue weighted by atomic mass is 10.1. The zero-order valence-electron chi connectivity index (χ0n) is 13.7. The lowest BCUT2D eigenvalue weighted by Gasteiger charge is -2.33. The summed E-state index contributed by atoms with van der Waals surface area (Å²) >= 11 is 1.30. The van der Waals surface area contributed by atoms with Crippen molar-refractivity contribution in [2.45, 2.75) is 13.5 Å². The summed E-state index contributed by atoms with van der Waals surface area (Å²) in [4.78, 5) is 14.6. The number of nitrogens with zero attached hydrogens (tertiary/aromatic N) is 3. The van der Waals surface area contributed by atoms with Crippen LogP contribution < -0.4 is 15.5 Å². The van der Waals surface area contributed by atoms with Crippen LogP contribution in [0.5, 0.6) is 0 Å². The minimum absolute atomic E-state index is 0.178. The molecule has 7 heteroatoms. The van der Waals surface area contributed by atoms with E-state index in [1.54, 1.807) is 5.51 Å². The Morgan fingerprint density at radius 2 is 2.16 bits per heavy atom. The van der Waals surface area contributed by atoms with Crippen molar-refractivity contribution >= 4 is 33.8 Å². The van der Waals surface area contributed by atoms with Crippen molar-refractivity contribution in [2.75, 3.05) is 22.2 Å². The van der Waals surface area contributed by atoms with Gasteiger partial charge >= 0.3 is 0 Å². The van der Waals surface area contributed by atoms with Gasteiger partial charge in [0.1, 0.15) is 5.51 Å². The molecule has 0 atom stereocenters. The highest BCUT2D eigenvalue weighted by Gasteiger charge is 2.19. The summed E-state index contributed by atoms with van der Waals surface area (Å²) in [5.74, 6) is -0.178. The number of aromatic nitrogens is 2. The Morgan fingerprint density at radius 3 is 2.96 bits per heavy atom. The number of amides is 1. The third-order valence-electron chi connectivity index (χ3n) is 4.23. The smallest absolute Gasteiger partial charge is 0.257 e. The highest BCUT2D eigenvalue weighted by Crippen LogP contribution is 2.29. The second-order valence-electron chi connectivity index (χ2n) is 5.89. The molecule has 0 fully saturated rings. The van der Waals surface area contributed by atoms with Gasteiger partial charge in [0.15, 0.2) is 0 Å². The number of rotatable bonds is 3. The Kier molecular flexibility index (Phi) is 4.07. The minimum Gasteiger partial charge on any atom is -0.367 e. The predicted molar refractivity (Wildman–Crippen MR) is 100 cm³/mol. The molecule has 4 rings (SSSR count). The van der Waals surface area contributed by atoms with Crippen LogP contribution in [0.25, 0.3) is 0 Å². The van der Waals surface area contributed by atoms with Crippen LogP contribution in [0, 0.1) is 6.92 Å². The number of anilines is 3. The van der Waals surface area contributed by atoms with Crippen LogP contribution in [0.15, 0.2) is 48.0 Å². The number of carbonyl (C=O) groups excluding carboxylic acids is 1. The van der Waals surface area contributed by atoms with E-state index < -0.39 is 0 Å². The molecule has 2 N–H and O–H groups in total. The Morgan fingerprint density at radius 1 is 1.28 bits per heavy atom. The van der Waals surface area contributed by atoms with E-state index in [1.165, 1.54) is 28.2 Å². The molecular formula is C18H17N5OS. The van der Waals surface area contributed by atoms with Gasteiger partial charge in [0.25, 0.3) is 5.91 Å². The lowest BCUT2D eigenvalue weighted by Crippen LogP contribution is -2.34. The molecule has 3 aromatic rings. The Hall–Kier alpha value is -2.93. The molecule has 0 bridgehead atoms. The standard InChI is InChI=1S/C18H17N5OS/c1-12-4-2-3-5-16(12)23-9-14-7-6-13(8-15(14)19-10-23)17(24)21-18-22-20-11-25-18/h2-8,11,19H,9-10H2,1H3,(H,21,22,24). The normalized spacial score (nSPS) is 13.1. The van der Waals surface area contributed by atoms with Gasteiger partial charge < -0.3 is 10.2 Å². The van der Waals surface area contributed by atoms with Crippen LogP contribution in [0.4, 0.5) is 16.5 Å². The maximum Gasteiger partial charge on any atom is 0.257 e. The number of nitrogens with one attached hydrogen (secondary N) is 2. The van der Waals surface area contributed by atoms with Crippen LogP contribution in [-0.4, -0.2) is 22.8 Å². The second kappa shape index (κ2) is 6.52. The molecule has 1 aromatic heterocycles. The fraction of sp³-hybridized carbons (Fsp3) is 0.167. The van der Waals surface area contributed by atoms with E-state index in [0.717, 1.165) is 12.2 Å². The molecule has 0 saturated carbocycles. The fourth-order valence-electron chi connectivity index (χ4n) is 2.95. The molecule has 1 aliphatic heterocycles. The maximum absolute atomic E-state index is 12.3. The topological polar surface area (TPSA) is 70.2 Å². The van der Waals surface area contributed by atoms with Gasteiger partial charge in [0.05, 0.1) is 6.67 Å². The first-order chi connectivity index (χ1) is 12.2. The maximum atomic E-state index is 12.3. The summed E-state index contributed by atoms with van der Waals surface area (Å²) in [5.41, 5.74) is 6.83. The van der Waals surface area contributed by atoms with E-state index in [-0.39, 0.29) is 5.91 Å². The summed E-state index contributed by atoms with van der Waals surface area (Å²) in [6.45, 7) is 3.64. The molecule has 6 nitrogen and oxygen atoms in total. The fourth-order valence-corrected chi connectivity index (χ4v) is 3.39. The summed E-state index contributed by atoms with van der Waals surface area (Å²) in [6.07, 6.45) is 0. The van der Waals surface area contributed by atoms with Gasteiger partial charge in [-0.3, -0.25) is 10.1 Å². The summed E-state index contributed by atoms with van der Waals surface area (Å²) in [7, 11) is 0. The minimum atomic E-state index is -0.178. The van der Waals surface area contributed by atoms with E-state index in [1.807, 2.05) is 24.3 Å². The average Bonchev–Trinajstić information content (AvgIpc) is 3.14. The number of fused-ring (bicyclic) bond motifs is 1. The molecule has 25 heavy (non-hydrogen) atoms. The van der Waals surface area contributed by atoms with Crippen LogP contribution in [-0.2, 0) is 6.54 Å². The monoisotopic (exact) mass is 351 g/mol. The summed E-state index contributed by atoms with van der Waals surface area (Å²) < 4.78 is 0. The van der Waals surface area contributed by atoms with Crippen LogP contribution >= 0.6 is 11.3 Å².